The van der Waals surface area contributed by atoms with Crippen LogP contribution in [0.5, 0.6) is 0 Å². The summed E-state index contributed by atoms with van der Waals surface area (Å²) in [7, 11) is 0. The van der Waals surface area contributed by atoms with Gasteiger partial charge >= 0.3 is 0 Å². The van der Waals surface area contributed by atoms with Gasteiger partial charge in [-0.2, -0.15) is 0 Å². The molecule has 1 fully saturated rings. The molecule has 1 aromatic carbocycles. The van der Waals surface area contributed by atoms with E-state index in [-0.39, 0.29) is 5.91 Å². The Morgan fingerprint density at radius 1 is 1.29 bits per heavy atom. The first-order valence-electron chi connectivity index (χ1n) is 5.95. The minimum Gasteiger partial charge on any atom is -0.336 e. The third-order valence-corrected chi connectivity index (χ3v) is 3.13. The Morgan fingerprint density at radius 2 is 1.94 bits per heavy atom. The highest BCUT2D eigenvalue weighted by molar-refractivity contribution is 6.19. The van der Waals surface area contributed by atoms with E-state index in [0.29, 0.717) is 5.57 Å². The van der Waals surface area contributed by atoms with Gasteiger partial charge in [0.15, 0.2) is 0 Å². The third kappa shape index (κ3) is 2.56. The molecule has 1 N–H and O–H groups in total. The van der Waals surface area contributed by atoms with Crippen LogP contribution in [0.15, 0.2) is 30.8 Å². The minimum atomic E-state index is 0.0563. The molecular weight excluding hydrogens is 212 g/mol. The number of rotatable bonds is 2. The standard InChI is InChI=1S/C14H18N2O/c1-11-5-3-4-6-13(11)12(2)14(17)16-9-7-15-8-10-16/h3-6,15H,2,7-10H2,1H3. The van der Waals surface area contributed by atoms with E-state index < -0.39 is 0 Å². The molecule has 0 radical (unpaired) electrons. The molecule has 1 aliphatic heterocycles. The molecule has 0 atom stereocenters. The molecular formula is C14H18N2O. The average molecular weight is 230 g/mol. The Hall–Kier alpha value is -1.61. The van der Waals surface area contributed by atoms with Gasteiger partial charge in [-0.15, -0.1) is 0 Å². The van der Waals surface area contributed by atoms with E-state index in [2.05, 4.69) is 11.9 Å². The average Bonchev–Trinajstić information content (AvgIpc) is 2.39. The number of nitrogens with one attached hydrogen (secondary N) is 1. The molecule has 3 heteroatoms. The fourth-order valence-corrected chi connectivity index (χ4v) is 2.09. The van der Waals surface area contributed by atoms with E-state index in [1.54, 1.807) is 0 Å². The number of hydrogen-bond acceptors (Lipinski definition) is 2. The fourth-order valence-electron chi connectivity index (χ4n) is 2.09. The maximum atomic E-state index is 12.2. The van der Waals surface area contributed by atoms with Crippen molar-refractivity contribution in [3.63, 3.8) is 0 Å². The molecule has 3 nitrogen and oxygen atoms in total. The lowest BCUT2D eigenvalue weighted by Gasteiger charge is -2.28. The van der Waals surface area contributed by atoms with Crippen molar-refractivity contribution in [2.24, 2.45) is 0 Å². The SMILES string of the molecule is C=C(C(=O)N1CCNCC1)c1ccccc1C. The first-order chi connectivity index (χ1) is 8.20. The summed E-state index contributed by atoms with van der Waals surface area (Å²) in [4.78, 5) is 14.1. The lowest BCUT2D eigenvalue weighted by atomic mass is 10.0. The van der Waals surface area contributed by atoms with E-state index in [1.807, 2.05) is 36.1 Å². The molecule has 1 saturated heterocycles. The fraction of sp³-hybridized carbons (Fsp3) is 0.357. The van der Waals surface area contributed by atoms with Crippen molar-refractivity contribution >= 4 is 11.5 Å². The second kappa shape index (κ2) is 5.15. The maximum absolute atomic E-state index is 12.2. The van der Waals surface area contributed by atoms with Crippen molar-refractivity contribution in [2.45, 2.75) is 6.92 Å². The summed E-state index contributed by atoms with van der Waals surface area (Å²) < 4.78 is 0. The van der Waals surface area contributed by atoms with Crippen molar-refractivity contribution in [3.05, 3.63) is 42.0 Å². The van der Waals surface area contributed by atoms with Gasteiger partial charge in [0.2, 0.25) is 0 Å². The first kappa shape index (κ1) is 11.9. The number of benzene rings is 1. The number of carbonyl (C=O) groups excluding carboxylic acids is 1. The summed E-state index contributed by atoms with van der Waals surface area (Å²) in [5, 5.41) is 3.24. The second-order valence-electron chi connectivity index (χ2n) is 4.34. The molecule has 0 aliphatic carbocycles. The largest absolute Gasteiger partial charge is 0.336 e. The number of carbonyl (C=O) groups is 1. The molecule has 0 bridgehead atoms. The summed E-state index contributed by atoms with van der Waals surface area (Å²) >= 11 is 0. The van der Waals surface area contributed by atoms with Crippen LogP contribution >= 0.6 is 0 Å². The van der Waals surface area contributed by atoms with Crippen molar-refractivity contribution in [1.29, 1.82) is 0 Å². The Bertz CT molecular complexity index is 434. The predicted molar refractivity (Wildman–Crippen MR) is 69.7 cm³/mol. The van der Waals surface area contributed by atoms with E-state index in [4.69, 9.17) is 0 Å². The van der Waals surface area contributed by atoms with Crippen molar-refractivity contribution in [1.82, 2.24) is 10.2 Å². The lowest BCUT2D eigenvalue weighted by molar-refractivity contribution is -0.125. The highest BCUT2D eigenvalue weighted by Crippen LogP contribution is 2.19. The summed E-state index contributed by atoms with van der Waals surface area (Å²) in [6.45, 7) is 9.23. The summed E-state index contributed by atoms with van der Waals surface area (Å²) in [6.07, 6.45) is 0. The highest BCUT2D eigenvalue weighted by Gasteiger charge is 2.20. The van der Waals surface area contributed by atoms with Gasteiger partial charge in [-0.3, -0.25) is 4.79 Å². The molecule has 0 unspecified atom stereocenters. The Kier molecular flexibility index (Phi) is 3.59. The Labute approximate surface area is 102 Å². The number of aryl methyl sites for hydroxylation is 1. The molecule has 90 valence electrons. The summed E-state index contributed by atoms with van der Waals surface area (Å²) in [6, 6.07) is 7.88. The molecule has 1 amide bonds. The van der Waals surface area contributed by atoms with Crippen molar-refractivity contribution in [2.75, 3.05) is 26.2 Å². The van der Waals surface area contributed by atoms with Crippen LogP contribution in [0.4, 0.5) is 0 Å². The van der Waals surface area contributed by atoms with Crippen LogP contribution in [0.25, 0.3) is 5.57 Å². The third-order valence-electron chi connectivity index (χ3n) is 3.13. The number of hydrogen-bond donors (Lipinski definition) is 1. The normalized spacial score (nSPS) is 15.7. The van der Waals surface area contributed by atoms with Crippen LogP contribution in [0.2, 0.25) is 0 Å². The summed E-state index contributed by atoms with van der Waals surface area (Å²) in [5.74, 6) is 0.0563. The van der Waals surface area contributed by atoms with E-state index in [1.165, 1.54) is 0 Å². The number of amides is 1. The molecule has 1 heterocycles. The Morgan fingerprint density at radius 3 is 2.59 bits per heavy atom. The number of piperazine rings is 1. The molecule has 0 aromatic heterocycles. The van der Waals surface area contributed by atoms with Gasteiger partial charge in [0.1, 0.15) is 0 Å². The van der Waals surface area contributed by atoms with E-state index in [0.717, 1.165) is 37.3 Å². The van der Waals surface area contributed by atoms with Crippen molar-refractivity contribution in [3.8, 4) is 0 Å². The monoisotopic (exact) mass is 230 g/mol. The molecule has 1 aromatic rings. The van der Waals surface area contributed by atoms with E-state index >= 15 is 0 Å². The predicted octanol–water partition coefficient (Wildman–Crippen LogP) is 1.44. The van der Waals surface area contributed by atoms with Crippen LogP contribution in [0.3, 0.4) is 0 Å². The van der Waals surface area contributed by atoms with Gasteiger partial charge in [0, 0.05) is 31.8 Å². The highest BCUT2D eigenvalue weighted by atomic mass is 16.2. The van der Waals surface area contributed by atoms with Gasteiger partial charge < -0.3 is 10.2 Å². The molecule has 2 rings (SSSR count). The molecule has 1 aliphatic rings. The van der Waals surface area contributed by atoms with Crippen LogP contribution < -0.4 is 5.32 Å². The smallest absolute Gasteiger partial charge is 0.253 e. The van der Waals surface area contributed by atoms with Gasteiger partial charge in [-0.05, 0) is 18.1 Å². The van der Waals surface area contributed by atoms with Crippen LogP contribution in [-0.2, 0) is 4.79 Å². The lowest BCUT2D eigenvalue weighted by Crippen LogP contribution is -2.46. The topological polar surface area (TPSA) is 32.3 Å². The van der Waals surface area contributed by atoms with Gasteiger partial charge in [-0.1, -0.05) is 30.8 Å². The van der Waals surface area contributed by atoms with Crippen LogP contribution in [0, 0.1) is 6.92 Å². The van der Waals surface area contributed by atoms with Crippen LogP contribution in [-0.4, -0.2) is 37.0 Å². The van der Waals surface area contributed by atoms with Gasteiger partial charge in [0.25, 0.3) is 5.91 Å². The molecule has 0 spiro atoms. The van der Waals surface area contributed by atoms with Gasteiger partial charge in [0.05, 0.1) is 0 Å². The molecule has 17 heavy (non-hydrogen) atoms. The zero-order valence-electron chi connectivity index (χ0n) is 10.2. The number of nitrogens with zero attached hydrogens (tertiary/aromatic N) is 1. The first-order valence-corrected chi connectivity index (χ1v) is 5.95. The minimum absolute atomic E-state index is 0.0563. The zero-order chi connectivity index (χ0) is 12.3. The quantitative estimate of drug-likeness (QED) is 0.780. The van der Waals surface area contributed by atoms with Crippen molar-refractivity contribution < 1.29 is 4.79 Å². The Balaban J connectivity index is 2.14. The molecule has 0 saturated carbocycles. The summed E-state index contributed by atoms with van der Waals surface area (Å²) in [5.41, 5.74) is 2.65. The second-order valence-corrected chi connectivity index (χ2v) is 4.34. The van der Waals surface area contributed by atoms with Gasteiger partial charge in [-0.25, -0.2) is 0 Å². The zero-order valence-corrected chi connectivity index (χ0v) is 10.2. The van der Waals surface area contributed by atoms with E-state index in [9.17, 15) is 4.79 Å². The maximum Gasteiger partial charge on any atom is 0.253 e. The van der Waals surface area contributed by atoms with Crippen LogP contribution in [0.1, 0.15) is 11.1 Å².